The highest BCUT2D eigenvalue weighted by Crippen LogP contribution is 2.22. The number of nitrogens with two attached hydrogens (primary N) is 1. The molecule has 4 nitrogen and oxygen atoms in total. The first-order chi connectivity index (χ1) is 10.0. The van der Waals surface area contributed by atoms with E-state index in [0.717, 1.165) is 12.1 Å². The fraction of sp³-hybridized carbons (Fsp3) is 0.588. The fourth-order valence-corrected chi connectivity index (χ4v) is 2.97. The number of likely N-dealkylation sites (N-methyl/N-ethyl adjacent to an activating group) is 1. The molecule has 116 valence electrons. The topological polar surface area (TPSA) is 58.4 Å². The Labute approximate surface area is 127 Å². The highest BCUT2D eigenvalue weighted by Gasteiger charge is 2.30. The molecule has 1 aliphatic rings. The zero-order chi connectivity index (χ0) is 15.3. The summed E-state index contributed by atoms with van der Waals surface area (Å²) in [5.74, 6) is -0.117. The Morgan fingerprint density at radius 2 is 1.95 bits per heavy atom. The van der Waals surface area contributed by atoms with E-state index in [-0.39, 0.29) is 5.91 Å². The summed E-state index contributed by atoms with van der Waals surface area (Å²) in [6, 6.07) is 10.2. The van der Waals surface area contributed by atoms with E-state index in [9.17, 15) is 4.79 Å². The van der Waals surface area contributed by atoms with Crippen LogP contribution in [0.1, 0.15) is 38.2 Å². The van der Waals surface area contributed by atoms with Gasteiger partial charge in [-0.05, 0) is 32.4 Å². The number of hydrogen-bond donors (Lipinski definition) is 2. The third-order valence-electron chi connectivity index (χ3n) is 4.54. The van der Waals surface area contributed by atoms with Gasteiger partial charge in [0.25, 0.3) is 0 Å². The number of carbonyl (C=O) groups excluding carboxylic acids is 1. The van der Waals surface area contributed by atoms with Crippen LogP contribution < -0.4 is 11.1 Å². The number of rotatable bonds is 6. The summed E-state index contributed by atoms with van der Waals surface area (Å²) in [4.78, 5) is 14.7. The lowest BCUT2D eigenvalue weighted by Crippen LogP contribution is -2.50. The van der Waals surface area contributed by atoms with Crippen molar-refractivity contribution < 1.29 is 4.79 Å². The first-order valence-electron chi connectivity index (χ1n) is 7.85. The number of nitrogens with zero attached hydrogens (tertiary/aromatic N) is 1. The van der Waals surface area contributed by atoms with Crippen molar-refractivity contribution in [3.05, 3.63) is 35.9 Å². The molecule has 21 heavy (non-hydrogen) atoms. The minimum atomic E-state index is -0.979. The molecule has 1 saturated carbocycles. The summed E-state index contributed by atoms with van der Waals surface area (Å²) in [6.07, 6.45) is 5.22. The van der Waals surface area contributed by atoms with Crippen LogP contribution in [0.25, 0.3) is 0 Å². The molecule has 0 aliphatic heterocycles. The van der Waals surface area contributed by atoms with E-state index in [0.29, 0.717) is 12.6 Å². The molecule has 0 radical (unpaired) electrons. The molecule has 2 rings (SSSR count). The minimum absolute atomic E-state index is 0.117. The van der Waals surface area contributed by atoms with E-state index in [2.05, 4.69) is 17.3 Å². The zero-order valence-corrected chi connectivity index (χ0v) is 13.1. The molecule has 1 aromatic rings. The number of amides is 1. The molecule has 0 saturated heterocycles. The van der Waals surface area contributed by atoms with Crippen molar-refractivity contribution in [2.45, 2.75) is 44.2 Å². The lowest BCUT2D eigenvalue weighted by atomic mass is 9.92. The molecule has 1 fully saturated rings. The Bertz CT molecular complexity index is 452. The van der Waals surface area contributed by atoms with E-state index in [1.165, 1.54) is 25.7 Å². The van der Waals surface area contributed by atoms with Gasteiger partial charge in [-0.1, -0.05) is 43.2 Å². The Kier molecular flexibility index (Phi) is 5.37. The summed E-state index contributed by atoms with van der Waals surface area (Å²) in [7, 11) is 2.14. The summed E-state index contributed by atoms with van der Waals surface area (Å²) < 4.78 is 0. The van der Waals surface area contributed by atoms with E-state index >= 15 is 0 Å². The van der Waals surface area contributed by atoms with E-state index in [1.54, 1.807) is 6.92 Å². The SMILES string of the molecule is CN(CCNC(=O)C(C)(N)c1ccccc1)C1CCCC1. The average molecular weight is 289 g/mol. The molecule has 0 bridgehead atoms. The van der Waals surface area contributed by atoms with Crippen LogP contribution >= 0.6 is 0 Å². The van der Waals surface area contributed by atoms with Crippen LogP contribution in [0.3, 0.4) is 0 Å². The predicted molar refractivity (Wildman–Crippen MR) is 85.9 cm³/mol. The van der Waals surface area contributed by atoms with Gasteiger partial charge in [0.05, 0.1) is 0 Å². The van der Waals surface area contributed by atoms with Gasteiger partial charge in [0.2, 0.25) is 5.91 Å². The van der Waals surface area contributed by atoms with Gasteiger partial charge in [-0.3, -0.25) is 4.79 Å². The molecule has 1 aromatic carbocycles. The second-order valence-electron chi connectivity index (χ2n) is 6.24. The maximum atomic E-state index is 12.3. The predicted octanol–water partition coefficient (Wildman–Crippen LogP) is 1.85. The first-order valence-corrected chi connectivity index (χ1v) is 7.85. The molecule has 1 atom stereocenters. The van der Waals surface area contributed by atoms with Crippen LogP contribution in [0.5, 0.6) is 0 Å². The minimum Gasteiger partial charge on any atom is -0.353 e. The molecular weight excluding hydrogens is 262 g/mol. The van der Waals surface area contributed by atoms with E-state index in [1.807, 2.05) is 30.3 Å². The Morgan fingerprint density at radius 3 is 2.57 bits per heavy atom. The van der Waals surface area contributed by atoms with Gasteiger partial charge in [0.1, 0.15) is 5.54 Å². The fourth-order valence-electron chi connectivity index (χ4n) is 2.97. The maximum Gasteiger partial charge on any atom is 0.244 e. The second-order valence-corrected chi connectivity index (χ2v) is 6.24. The Morgan fingerprint density at radius 1 is 1.33 bits per heavy atom. The van der Waals surface area contributed by atoms with Crippen LogP contribution in [-0.2, 0) is 10.3 Å². The second kappa shape index (κ2) is 7.05. The van der Waals surface area contributed by atoms with Gasteiger partial charge in [0, 0.05) is 19.1 Å². The van der Waals surface area contributed by atoms with Gasteiger partial charge in [0.15, 0.2) is 0 Å². The number of carbonyl (C=O) groups is 1. The Balaban J connectivity index is 1.81. The first kappa shape index (κ1) is 16.0. The van der Waals surface area contributed by atoms with Gasteiger partial charge >= 0.3 is 0 Å². The number of hydrogen-bond acceptors (Lipinski definition) is 3. The molecule has 1 aliphatic carbocycles. The van der Waals surface area contributed by atoms with Gasteiger partial charge < -0.3 is 16.0 Å². The van der Waals surface area contributed by atoms with Gasteiger partial charge in [-0.25, -0.2) is 0 Å². The summed E-state index contributed by atoms with van der Waals surface area (Å²) in [5, 5.41) is 2.97. The number of benzene rings is 1. The monoisotopic (exact) mass is 289 g/mol. The summed E-state index contributed by atoms with van der Waals surface area (Å²) in [6.45, 7) is 3.28. The lowest BCUT2D eigenvalue weighted by molar-refractivity contribution is -0.126. The van der Waals surface area contributed by atoms with Crippen molar-refractivity contribution in [1.82, 2.24) is 10.2 Å². The van der Waals surface area contributed by atoms with Crippen LogP contribution in [-0.4, -0.2) is 37.0 Å². The third kappa shape index (κ3) is 4.05. The Hall–Kier alpha value is -1.39. The molecule has 3 N–H and O–H groups in total. The van der Waals surface area contributed by atoms with Gasteiger partial charge in [-0.2, -0.15) is 0 Å². The summed E-state index contributed by atoms with van der Waals surface area (Å²) in [5.41, 5.74) is 6.06. The normalized spacial score (nSPS) is 18.7. The third-order valence-corrected chi connectivity index (χ3v) is 4.54. The van der Waals surface area contributed by atoms with Crippen LogP contribution in [0.4, 0.5) is 0 Å². The molecular formula is C17H27N3O. The van der Waals surface area contributed by atoms with Crippen LogP contribution in [0, 0.1) is 0 Å². The van der Waals surface area contributed by atoms with E-state index in [4.69, 9.17) is 5.73 Å². The standard InChI is InChI=1S/C17H27N3O/c1-17(18,14-8-4-3-5-9-14)16(21)19-12-13-20(2)15-10-6-7-11-15/h3-5,8-9,15H,6-7,10-13,18H2,1-2H3,(H,19,21). The van der Waals surface area contributed by atoms with Gasteiger partial charge in [-0.15, -0.1) is 0 Å². The lowest BCUT2D eigenvalue weighted by Gasteiger charge is -2.27. The largest absolute Gasteiger partial charge is 0.353 e. The molecule has 1 amide bonds. The molecule has 0 heterocycles. The van der Waals surface area contributed by atoms with Crippen molar-refractivity contribution in [1.29, 1.82) is 0 Å². The highest BCUT2D eigenvalue weighted by atomic mass is 16.2. The zero-order valence-electron chi connectivity index (χ0n) is 13.1. The smallest absolute Gasteiger partial charge is 0.244 e. The van der Waals surface area contributed by atoms with Crippen LogP contribution in [0.15, 0.2) is 30.3 Å². The maximum absolute atomic E-state index is 12.3. The molecule has 0 spiro atoms. The molecule has 1 unspecified atom stereocenters. The summed E-state index contributed by atoms with van der Waals surface area (Å²) >= 11 is 0. The molecule has 0 aromatic heterocycles. The van der Waals surface area contributed by atoms with Crippen molar-refractivity contribution in [2.24, 2.45) is 5.73 Å². The molecule has 4 heteroatoms. The van der Waals surface area contributed by atoms with Crippen molar-refractivity contribution in [3.8, 4) is 0 Å². The van der Waals surface area contributed by atoms with Crippen molar-refractivity contribution in [3.63, 3.8) is 0 Å². The quantitative estimate of drug-likeness (QED) is 0.840. The van der Waals surface area contributed by atoms with Crippen LogP contribution in [0.2, 0.25) is 0 Å². The van der Waals surface area contributed by atoms with Crippen molar-refractivity contribution in [2.75, 3.05) is 20.1 Å². The van der Waals surface area contributed by atoms with E-state index < -0.39 is 5.54 Å². The van der Waals surface area contributed by atoms with Crippen molar-refractivity contribution >= 4 is 5.91 Å². The highest BCUT2D eigenvalue weighted by molar-refractivity contribution is 5.86. The number of nitrogens with one attached hydrogen (secondary N) is 1. The average Bonchev–Trinajstić information content (AvgIpc) is 3.02.